The van der Waals surface area contributed by atoms with Gasteiger partial charge in [0.1, 0.15) is 0 Å². The minimum Gasteiger partial charge on any atom is -0.264 e. The van der Waals surface area contributed by atoms with E-state index in [1.807, 2.05) is 12.3 Å². The molecule has 0 saturated heterocycles. The third-order valence-corrected chi connectivity index (χ3v) is 12.3. The summed E-state index contributed by atoms with van der Waals surface area (Å²) < 4.78 is 0. The zero-order chi connectivity index (χ0) is 40.0. The van der Waals surface area contributed by atoms with Crippen molar-refractivity contribution >= 4 is 16.3 Å². The molecule has 2 aliphatic rings. The predicted octanol–water partition coefficient (Wildman–Crippen LogP) is 14.2. The Morgan fingerprint density at radius 3 is 1.90 bits per heavy atom. The Labute approximate surface area is 350 Å². The predicted molar refractivity (Wildman–Crippen MR) is 248 cm³/mol. The molecule has 282 valence electrons. The van der Waals surface area contributed by atoms with E-state index in [1.165, 1.54) is 44.2 Å². The summed E-state index contributed by atoms with van der Waals surface area (Å²) >= 11 is 0. The van der Waals surface area contributed by atoms with Crippen LogP contribution in [-0.4, -0.2) is 15.0 Å². The summed E-state index contributed by atoms with van der Waals surface area (Å²) in [4.78, 5) is 15.2. The number of aromatic nitrogens is 3. The van der Waals surface area contributed by atoms with Gasteiger partial charge in [-0.3, -0.25) is 4.98 Å². The monoisotopic (exact) mass is 765 g/mol. The van der Waals surface area contributed by atoms with Crippen LogP contribution >= 0.6 is 0 Å². The number of hydrogen-bond donors (Lipinski definition) is 0. The summed E-state index contributed by atoms with van der Waals surface area (Å²) in [5.74, 6) is 0.670. The van der Waals surface area contributed by atoms with Crippen LogP contribution in [0.15, 0.2) is 219 Å². The highest BCUT2D eigenvalue weighted by molar-refractivity contribution is 5.97. The zero-order valence-corrected chi connectivity index (χ0v) is 33.0. The van der Waals surface area contributed by atoms with E-state index in [1.54, 1.807) is 6.20 Å². The Morgan fingerprint density at radius 2 is 1.10 bits per heavy atom. The van der Waals surface area contributed by atoms with Crippen molar-refractivity contribution in [3.05, 3.63) is 241 Å². The van der Waals surface area contributed by atoms with E-state index >= 15 is 0 Å². The minimum absolute atomic E-state index is 0.445. The van der Waals surface area contributed by atoms with Crippen LogP contribution in [0.4, 0.5) is 0 Å². The van der Waals surface area contributed by atoms with Crippen molar-refractivity contribution in [2.24, 2.45) is 0 Å². The van der Waals surface area contributed by atoms with Gasteiger partial charge >= 0.3 is 0 Å². The summed E-state index contributed by atoms with van der Waals surface area (Å²) in [7, 11) is 0. The first-order valence-electron chi connectivity index (χ1n) is 20.5. The molecule has 1 spiro atoms. The smallest absolute Gasteiger partial charge is 0.160 e. The fraction of sp³-hybridized carbons (Fsp3) is 0.0351. The summed E-state index contributed by atoms with van der Waals surface area (Å²) in [6.07, 6.45) is 13.2. The van der Waals surface area contributed by atoms with Crippen molar-refractivity contribution in [2.75, 3.05) is 0 Å². The molecule has 3 nitrogen and oxygen atoms in total. The number of rotatable bonds is 5. The Morgan fingerprint density at radius 1 is 0.450 bits per heavy atom. The maximum absolute atomic E-state index is 5.42. The van der Waals surface area contributed by atoms with Crippen LogP contribution < -0.4 is 0 Å². The van der Waals surface area contributed by atoms with Crippen LogP contribution in [0.1, 0.15) is 28.7 Å². The molecule has 3 heteroatoms. The number of fused-ring (bicyclic) bond motifs is 8. The SMILES string of the molecule is C=C1/C=C\C=C/CC2(c3cc(-c4nc(-c5ccc(-c6cccnc6)cc5)cc(-c5cccc(-c6cccc7ccccc67)c5)n4)ccc31)c1ccccc1-c1ccccc12. The van der Waals surface area contributed by atoms with Gasteiger partial charge in [0.25, 0.3) is 0 Å². The normalized spacial score (nSPS) is 14.7. The lowest BCUT2D eigenvalue weighted by Crippen LogP contribution is -2.27. The molecule has 0 atom stereocenters. The molecule has 0 saturated carbocycles. The van der Waals surface area contributed by atoms with Gasteiger partial charge in [0.05, 0.1) is 16.8 Å². The van der Waals surface area contributed by atoms with E-state index in [9.17, 15) is 0 Å². The Bertz CT molecular complexity index is 3140. The molecule has 11 rings (SSSR count). The molecule has 0 fully saturated rings. The summed E-state index contributed by atoms with van der Waals surface area (Å²) in [5, 5.41) is 2.44. The van der Waals surface area contributed by atoms with Crippen LogP contribution in [0.25, 0.3) is 83.6 Å². The molecule has 0 N–H and O–H groups in total. The van der Waals surface area contributed by atoms with Gasteiger partial charge in [-0.15, -0.1) is 0 Å². The zero-order valence-electron chi connectivity index (χ0n) is 33.0. The molecule has 2 heterocycles. The molecule has 9 aromatic rings. The second kappa shape index (κ2) is 14.6. The van der Waals surface area contributed by atoms with Crippen molar-refractivity contribution in [1.82, 2.24) is 15.0 Å². The third kappa shape index (κ3) is 5.94. The molecule has 2 aromatic heterocycles. The molecular weight excluding hydrogens is 727 g/mol. The maximum atomic E-state index is 5.42. The van der Waals surface area contributed by atoms with Crippen LogP contribution in [-0.2, 0) is 5.41 Å². The fourth-order valence-corrected chi connectivity index (χ4v) is 9.41. The van der Waals surface area contributed by atoms with Crippen LogP contribution in [0.3, 0.4) is 0 Å². The second-order valence-corrected chi connectivity index (χ2v) is 15.7. The Hall–Kier alpha value is -7.75. The molecule has 0 aliphatic heterocycles. The fourth-order valence-electron chi connectivity index (χ4n) is 9.41. The molecule has 0 bridgehead atoms. The highest BCUT2D eigenvalue weighted by Gasteiger charge is 2.45. The quantitative estimate of drug-likeness (QED) is 0.175. The molecule has 7 aromatic carbocycles. The highest BCUT2D eigenvalue weighted by Crippen LogP contribution is 2.56. The van der Waals surface area contributed by atoms with Crippen LogP contribution in [0.2, 0.25) is 0 Å². The average molecular weight is 766 g/mol. The number of allylic oxidation sites excluding steroid dienone is 5. The first-order valence-corrected chi connectivity index (χ1v) is 20.5. The van der Waals surface area contributed by atoms with E-state index in [2.05, 4.69) is 206 Å². The van der Waals surface area contributed by atoms with E-state index in [4.69, 9.17) is 9.97 Å². The number of pyridine rings is 1. The Balaban J connectivity index is 1.12. The van der Waals surface area contributed by atoms with Gasteiger partial charge in [0, 0.05) is 29.1 Å². The van der Waals surface area contributed by atoms with Gasteiger partial charge in [-0.05, 0) is 103 Å². The number of hydrogen-bond acceptors (Lipinski definition) is 3. The molecule has 60 heavy (non-hydrogen) atoms. The lowest BCUT2D eigenvalue weighted by atomic mass is 9.67. The van der Waals surface area contributed by atoms with Crippen LogP contribution in [0.5, 0.6) is 0 Å². The van der Waals surface area contributed by atoms with Gasteiger partial charge in [-0.1, -0.05) is 183 Å². The summed E-state index contributed by atoms with van der Waals surface area (Å²) in [5.41, 5.74) is 17.2. The van der Waals surface area contributed by atoms with Gasteiger partial charge in [0.2, 0.25) is 0 Å². The lowest BCUT2D eigenvalue weighted by molar-refractivity contribution is 0.644. The minimum atomic E-state index is -0.445. The van der Waals surface area contributed by atoms with Crippen molar-refractivity contribution in [3.8, 4) is 67.3 Å². The van der Waals surface area contributed by atoms with Crippen molar-refractivity contribution < 1.29 is 0 Å². The molecule has 0 unspecified atom stereocenters. The largest absolute Gasteiger partial charge is 0.264 e. The maximum Gasteiger partial charge on any atom is 0.160 e. The molecular formula is C57H39N3. The van der Waals surface area contributed by atoms with Crippen LogP contribution in [0, 0.1) is 0 Å². The van der Waals surface area contributed by atoms with Crippen molar-refractivity contribution in [2.45, 2.75) is 11.8 Å². The van der Waals surface area contributed by atoms with E-state index in [0.717, 1.165) is 62.3 Å². The summed E-state index contributed by atoms with van der Waals surface area (Å²) in [6.45, 7) is 4.60. The standard InChI is InChI=1S/C57H39N3/c1-38-14-3-2-10-32-57(51-24-8-6-21-49(51)50-22-7-9-25-52(50)57)53-35-44(30-31-46(38)53)56-59-54(41-28-26-39(27-29-41)45-19-13-33-58-37-45)36-55(60-56)43-18-11-17-42(34-43)48-23-12-16-40-15-4-5-20-47(40)48/h2-31,33-37H,1,32H2/b10-2-,14-3-. The van der Waals surface area contributed by atoms with E-state index < -0.39 is 5.41 Å². The topological polar surface area (TPSA) is 38.7 Å². The van der Waals surface area contributed by atoms with Crippen molar-refractivity contribution in [1.29, 1.82) is 0 Å². The van der Waals surface area contributed by atoms with Crippen molar-refractivity contribution in [3.63, 3.8) is 0 Å². The van der Waals surface area contributed by atoms with Gasteiger partial charge in [-0.25, -0.2) is 9.97 Å². The van der Waals surface area contributed by atoms with Gasteiger partial charge in [0.15, 0.2) is 5.82 Å². The first kappa shape index (κ1) is 35.4. The Kier molecular flexibility index (Phi) is 8.60. The second-order valence-electron chi connectivity index (χ2n) is 15.7. The molecule has 2 aliphatic carbocycles. The van der Waals surface area contributed by atoms with Gasteiger partial charge in [-0.2, -0.15) is 0 Å². The third-order valence-electron chi connectivity index (χ3n) is 12.3. The van der Waals surface area contributed by atoms with E-state index in [-0.39, 0.29) is 0 Å². The van der Waals surface area contributed by atoms with Gasteiger partial charge < -0.3 is 0 Å². The lowest BCUT2D eigenvalue weighted by Gasteiger charge is -2.34. The van der Waals surface area contributed by atoms with E-state index in [0.29, 0.717) is 5.82 Å². The number of nitrogens with zero attached hydrogens (tertiary/aromatic N) is 3. The number of benzene rings is 7. The molecule has 0 radical (unpaired) electrons. The summed E-state index contributed by atoms with van der Waals surface area (Å²) in [6, 6.07) is 63.1. The molecule has 0 amide bonds. The first-order chi connectivity index (χ1) is 29.6. The highest BCUT2D eigenvalue weighted by atomic mass is 14.9. The average Bonchev–Trinajstić information content (AvgIpc) is 3.64.